The first kappa shape index (κ1) is 24.7. The van der Waals surface area contributed by atoms with Gasteiger partial charge in [0.05, 0.1) is 6.10 Å². The second kappa shape index (κ2) is 9.69. The van der Waals surface area contributed by atoms with E-state index in [9.17, 15) is 14.7 Å². The Morgan fingerprint density at radius 2 is 1.88 bits per heavy atom. The molecule has 2 aliphatic rings. The molecule has 2 aliphatic heterocycles. The van der Waals surface area contributed by atoms with Gasteiger partial charge < -0.3 is 5.11 Å². The molecular formula is C24H32N5O4Sn-. The average molecular weight is 573 g/mol. The van der Waals surface area contributed by atoms with Crippen molar-refractivity contribution in [3.8, 4) is 0 Å². The normalized spacial score (nSPS) is 16.5. The third-order valence-corrected chi connectivity index (χ3v) is 9.82. The molecule has 34 heavy (non-hydrogen) atoms. The Bertz CT molecular complexity index is 1080. The number of fused-ring (bicyclic) bond motifs is 1. The Kier molecular flexibility index (Phi) is 7.04. The molecule has 2 aromatic rings. The van der Waals surface area contributed by atoms with Gasteiger partial charge in [-0.05, 0) is 0 Å². The minimum absolute atomic E-state index is 0.180. The van der Waals surface area contributed by atoms with Crippen molar-refractivity contribution in [2.24, 2.45) is 0 Å². The number of piperidine rings is 1. The number of rotatable bonds is 4. The van der Waals surface area contributed by atoms with E-state index < -0.39 is 31.5 Å². The number of carbonyl (C=O) groups is 2. The van der Waals surface area contributed by atoms with Gasteiger partial charge in [0.25, 0.3) is 0 Å². The maximum atomic E-state index is 13.3. The number of imide groups is 1. The van der Waals surface area contributed by atoms with Crippen molar-refractivity contribution in [2.75, 3.05) is 23.3 Å². The van der Waals surface area contributed by atoms with Gasteiger partial charge in [0, 0.05) is 0 Å². The number of ether oxygens (including phenoxy) is 1. The van der Waals surface area contributed by atoms with Crippen molar-refractivity contribution in [3.05, 3.63) is 35.7 Å². The Morgan fingerprint density at radius 3 is 2.47 bits per heavy atom. The molecule has 0 aromatic carbocycles. The van der Waals surface area contributed by atoms with Crippen molar-refractivity contribution < 1.29 is 19.4 Å². The second-order valence-electron chi connectivity index (χ2n) is 9.99. The molecule has 2 N–H and O–H groups in total. The van der Waals surface area contributed by atoms with Crippen LogP contribution in [0.25, 0.3) is 0 Å². The Labute approximate surface area is 207 Å². The number of nitrogens with one attached hydrogen (secondary N) is 1. The monoisotopic (exact) mass is 574 g/mol. The number of pyridine rings is 2. The van der Waals surface area contributed by atoms with E-state index in [4.69, 9.17) is 4.74 Å². The Hall–Kier alpha value is -2.40. The number of aromatic nitrogens is 2. The van der Waals surface area contributed by atoms with Crippen LogP contribution in [-0.4, -0.2) is 76.5 Å². The van der Waals surface area contributed by atoms with Gasteiger partial charge in [-0.2, -0.15) is 0 Å². The van der Waals surface area contributed by atoms with Crippen LogP contribution in [0.3, 0.4) is 0 Å². The fourth-order valence-corrected chi connectivity index (χ4v) is 7.44. The average Bonchev–Trinajstić information content (AvgIpc) is 3.11. The predicted octanol–water partition coefficient (Wildman–Crippen LogP) is 3.03. The van der Waals surface area contributed by atoms with E-state index in [1.807, 2.05) is 12.1 Å². The number of hydrogen-bond acceptors (Lipinski definition) is 8. The molecule has 4 heterocycles. The maximum absolute atomic E-state index is 13.3. The Morgan fingerprint density at radius 1 is 1.18 bits per heavy atom. The van der Waals surface area contributed by atoms with Crippen molar-refractivity contribution >= 4 is 52.7 Å². The van der Waals surface area contributed by atoms with Crippen LogP contribution in [0.1, 0.15) is 49.5 Å². The summed E-state index contributed by atoms with van der Waals surface area (Å²) in [5.41, 5.74) is 2.15. The van der Waals surface area contributed by atoms with E-state index in [0.29, 0.717) is 17.1 Å². The molecule has 0 radical (unpaired) electrons. The summed E-state index contributed by atoms with van der Waals surface area (Å²) in [5, 5.41) is 13.0. The van der Waals surface area contributed by atoms with Gasteiger partial charge in [-0.1, -0.05) is 0 Å². The summed E-state index contributed by atoms with van der Waals surface area (Å²) in [5.74, 6) is 0.219. The summed E-state index contributed by atoms with van der Waals surface area (Å²) >= 11 is -1.94. The first-order valence-corrected chi connectivity index (χ1v) is 18.7. The first-order valence-electron chi connectivity index (χ1n) is 11.6. The van der Waals surface area contributed by atoms with Gasteiger partial charge in [0.15, 0.2) is 0 Å². The third kappa shape index (κ3) is 5.30. The van der Waals surface area contributed by atoms with Gasteiger partial charge in [-0.15, -0.1) is 0 Å². The van der Waals surface area contributed by atoms with E-state index in [2.05, 4.69) is 30.1 Å². The molecule has 2 aromatic heterocycles. The predicted molar refractivity (Wildman–Crippen MR) is 132 cm³/mol. The van der Waals surface area contributed by atoms with E-state index in [-0.39, 0.29) is 18.6 Å². The molecule has 0 aliphatic carbocycles. The summed E-state index contributed by atoms with van der Waals surface area (Å²) in [6.45, 7) is 7.12. The van der Waals surface area contributed by atoms with Gasteiger partial charge in [-0.3, -0.25) is 0 Å². The summed E-state index contributed by atoms with van der Waals surface area (Å²) in [4.78, 5) is 43.0. The van der Waals surface area contributed by atoms with Crippen LogP contribution in [0.2, 0.25) is 9.88 Å². The SMILES string of the molecule is [CH3][Sn-]([CH3])[c]1ncc(Nc2ccc(N3CCC(O)CC3)cn2)c2c1CN(C(=O)OC(C)(C)C)C2=O. The number of aliphatic hydroxyl groups excluding tert-OH is 1. The fourth-order valence-electron chi connectivity index (χ4n) is 4.21. The number of carbonyl (C=O) groups excluding carboxylic acids is 2. The van der Waals surface area contributed by atoms with Gasteiger partial charge >= 0.3 is 196 Å². The number of anilines is 3. The molecule has 2 amide bonds. The topological polar surface area (TPSA) is 108 Å². The van der Waals surface area contributed by atoms with Crippen molar-refractivity contribution in [1.29, 1.82) is 0 Å². The van der Waals surface area contributed by atoms with Gasteiger partial charge in [0.1, 0.15) is 0 Å². The molecule has 0 unspecified atom stereocenters. The van der Waals surface area contributed by atoms with E-state index in [1.54, 1.807) is 33.2 Å². The zero-order valence-electron chi connectivity index (χ0n) is 20.4. The van der Waals surface area contributed by atoms with Crippen LogP contribution in [0, 0.1) is 0 Å². The van der Waals surface area contributed by atoms with Crippen molar-refractivity contribution in [3.63, 3.8) is 0 Å². The number of hydrogen-bond donors (Lipinski definition) is 2. The van der Waals surface area contributed by atoms with E-state index >= 15 is 0 Å². The van der Waals surface area contributed by atoms with Crippen LogP contribution in [0.4, 0.5) is 22.0 Å². The molecular weight excluding hydrogens is 541 g/mol. The van der Waals surface area contributed by atoms with Gasteiger partial charge in [-0.25, -0.2) is 0 Å². The summed E-state index contributed by atoms with van der Waals surface area (Å²) in [7, 11) is 0. The molecule has 0 spiro atoms. The molecule has 1 fully saturated rings. The summed E-state index contributed by atoms with van der Waals surface area (Å²) in [6.07, 6.45) is 4.11. The molecule has 1 saturated heterocycles. The minimum atomic E-state index is -1.94. The van der Waals surface area contributed by atoms with Crippen LogP contribution in [0.5, 0.6) is 0 Å². The van der Waals surface area contributed by atoms with Crippen LogP contribution >= 0.6 is 0 Å². The number of amides is 2. The molecule has 10 heteroatoms. The molecule has 182 valence electrons. The molecule has 0 saturated carbocycles. The second-order valence-corrected chi connectivity index (χ2v) is 17.1. The number of nitrogens with zero attached hydrogens (tertiary/aromatic N) is 4. The summed E-state index contributed by atoms with van der Waals surface area (Å²) < 4.78 is 6.45. The quantitative estimate of drug-likeness (QED) is 0.538. The standard InChI is InChI=1S/C22H26N5O4.2CH3.Sn/c1-22(2,3)31-21(30)27-13-14-10-23-12-17(19(14)20(27)29)25-18-5-4-15(11-24-18)26-8-6-16(28)7-9-26;;;/h4-5,11-12,16,28H,6-9,13H2,1-3H3,(H,24,25);2*1H3;/q;;;-1. The number of aliphatic hydroxyl groups is 1. The van der Waals surface area contributed by atoms with Crippen molar-refractivity contribution in [1.82, 2.24) is 14.9 Å². The third-order valence-electron chi connectivity index (χ3n) is 5.88. The molecule has 4 rings (SSSR count). The molecule has 0 bridgehead atoms. The van der Waals surface area contributed by atoms with Crippen molar-refractivity contribution in [2.45, 2.75) is 61.7 Å². The van der Waals surface area contributed by atoms with Crippen LogP contribution < -0.4 is 13.9 Å². The Balaban J connectivity index is 1.58. The van der Waals surface area contributed by atoms with Crippen LogP contribution in [0.15, 0.2) is 24.5 Å². The summed E-state index contributed by atoms with van der Waals surface area (Å²) in [6, 6.07) is 3.85. The van der Waals surface area contributed by atoms with Gasteiger partial charge in [0.2, 0.25) is 0 Å². The fraction of sp³-hybridized carbons (Fsp3) is 0.500. The van der Waals surface area contributed by atoms with E-state index in [0.717, 1.165) is 40.9 Å². The zero-order chi connectivity index (χ0) is 24.6. The van der Waals surface area contributed by atoms with Crippen LogP contribution in [-0.2, 0) is 11.3 Å². The molecule has 0 atom stereocenters. The zero-order valence-corrected chi connectivity index (χ0v) is 23.2. The van der Waals surface area contributed by atoms with E-state index in [1.165, 1.54) is 4.90 Å². The molecule has 9 nitrogen and oxygen atoms in total. The first-order chi connectivity index (χ1) is 16.0.